The lowest BCUT2D eigenvalue weighted by molar-refractivity contribution is -0.384. The fourth-order valence-corrected chi connectivity index (χ4v) is 3.32. The van der Waals surface area contributed by atoms with E-state index in [4.69, 9.17) is 23.8 Å². The van der Waals surface area contributed by atoms with Gasteiger partial charge >= 0.3 is 0 Å². The van der Waals surface area contributed by atoms with Crippen LogP contribution in [0.5, 0.6) is 0 Å². The summed E-state index contributed by atoms with van der Waals surface area (Å²) in [6.45, 7) is 0. The number of hydrogen-bond acceptors (Lipinski definition) is 5. The fraction of sp³-hybridized carbons (Fsp3) is 0.0455. The molecule has 0 saturated carbocycles. The maximum atomic E-state index is 13.0. The number of benzene rings is 3. The molecule has 0 unspecified atom stereocenters. The summed E-state index contributed by atoms with van der Waals surface area (Å²) in [5.41, 5.74) is 5.87. The van der Waals surface area contributed by atoms with Crippen LogP contribution in [0.3, 0.4) is 0 Å². The number of carbonyl (C=O) groups is 2. The van der Waals surface area contributed by atoms with Crippen molar-refractivity contribution >= 4 is 46.4 Å². The molecule has 10 heteroatoms. The first kappa shape index (κ1) is 22.9. The predicted molar refractivity (Wildman–Crippen MR) is 124 cm³/mol. The lowest BCUT2D eigenvalue weighted by Gasteiger charge is -2.18. The molecule has 8 nitrogen and oxygen atoms in total. The Morgan fingerprint density at radius 1 is 0.906 bits per heavy atom. The summed E-state index contributed by atoms with van der Waals surface area (Å²) in [5.74, 6) is -1.70. The number of amides is 2. The third kappa shape index (κ3) is 5.65. The number of nitrogens with one attached hydrogen (secondary N) is 3. The smallest absolute Gasteiger partial charge is 0.288 e. The highest BCUT2D eigenvalue weighted by atomic mass is 35.5. The lowest BCUT2D eigenvalue weighted by Crippen LogP contribution is -2.49. The van der Waals surface area contributed by atoms with Crippen LogP contribution in [-0.2, 0) is 4.79 Å². The number of halogens is 1. The molecule has 0 aliphatic rings. The van der Waals surface area contributed by atoms with Crippen LogP contribution >= 0.6 is 23.8 Å². The van der Waals surface area contributed by atoms with Crippen LogP contribution in [0.25, 0.3) is 0 Å². The Hall–Kier alpha value is -3.82. The molecule has 0 atom stereocenters. The molecule has 0 spiro atoms. The molecule has 3 aromatic carbocycles. The molecule has 0 aliphatic carbocycles. The van der Waals surface area contributed by atoms with Crippen LogP contribution in [0.4, 0.5) is 5.69 Å². The standard InChI is InChI=1S/C22H17ClN4O4S/c23-17-12-11-16(13-18(17)27(30)31)20(28)25-26-22(32)24-21(29)19(14-7-3-1-4-8-14)15-9-5-2-6-10-15/h1-13,19H,(H,25,28)(H2,24,26,29,32). The van der Waals surface area contributed by atoms with Gasteiger partial charge in [-0.3, -0.25) is 30.6 Å². The quantitative estimate of drug-likeness (QED) is 0.299. The van der Waals surface area contributed by atoms with E-state index in [9.17, 15) is 19.7 Å². The summed E-state index contributed by atoms with van der Waals surface area (Å²) in [5, 5.41) is 13.3. The van der Waals surface area contributed by atoms with Gasteiger partial charge in [0.05, 0.1) is 10.8 Å². The SMILES string of the molecule is O=C(NNC(=S)NC(=O)C(c1ccccc1)c1ccccc1)c1ccc(Cl)c([N+](=O)[O-])c1. The molecule has 0 saturated heterocycles. The molecule has 2 amide bonds. The summed E-state index contributed by atoms with van der Waals surface area (Å²) in [6, 6.07) is 22.0. The summed E-state index contributed by atoms with van der Waals surface area (Å²) >= 11 is 10.9. The molecule has 162 valence electrons. The number of carbonyl (C=O) groups excluding carboxylic acids is 2. The zero-order chi connectivity index (χ0) is 23.1. The lowest BCUT2D eigenvalue weighted by atomic mass is 9.90. The minimum Gasteiger partial charge on any atom is -0.301 e. The predicted octanol–water partition coefficient (Wildman–Crippen LogP) is 3.72. The van der Waals surface area contributed by atoms with Gasteiger partial charge in [-0.25, -0.2) is 0 Å². The fourth-order valence-electron chi connectivity index (χ4n) is 2.98. The molecule has 0 aromatic heterocycles. The highest BCUT2D eigenvalue weighted by molar-refractivity contribution is 7.80. The first-order valence-electron chi connectivity index (χ1n) is 9.32. The van der Waals surface area contributed by atoms with Gasteiger partial charge in [0.15, 0.2) is 5.11 Å². The minimum absolute atomic E-state index is 0.00539. The molecule has 3 rings (SSSR count). The van der Waals surface area contributed by atoms with Gasteiger partial charge in [0.2, 0.25) is 5.91 Å². The van der Waals surface area contributed by atoms with Crippen LogP contribution < -0.4 is 16.2 Å². The van der Waals surface area contributed by atoms with Gasteiger partial charge in [-0.1, -0.05) is 72.3 Å². The number of nitro groups is 1. The van der Waals surface area contributed by atoms with Crippen LogP contribution in [0.2, 0.25) is 5.02 Å². The van der Waals surface area contributed by atoms with Crippen LogP contribution in [-0.4, -0.2) is 21.9 Å². The molecule has 3 aromatic rings. The van der Waals surface area contributed by atoms with Crippen molar-refractivity contribution in [1.82, 2.24) is 16.2 Å². The first-order chi connectivity index (χ1) is 15.4. The average Bonchev–Trinajstić information content (AvgIpc) is 2.79. The maximum absolute atomic E-state index is 13.0. The molecule has 0 bridgehead atoms. The van der Waals surface area contributed by atoms with Crippen molar-refractivity contribution < 1.29 is 14.5 Å². The maximum Gasteiger partial charge on any atom is 0.288 e. The molecule has 32 heavy (non-hydrogen) atoms. The normalized spacial score (nSPS) is 10.3. The Balaban J connectivity index is 1.67. The Kier molecular flexibility index (Phi) is 7.48. The van der Waals surface area contributed by atoms with Crippen LogP contribution in [0, 0.1) is 10.1 Å². The van der Waals surface area contributed by atoms with Crippen LogP contribution in [0.1, 0.15) is 27.4 Å². The van der Waals surface area contributed by atoms with E-state index >= 15 is 0 Å². The highest BCUT2D eigenvalue weighted by Gasteiger charge is 2.23. The molecule has 0 radical (unpaired) electrons. The molecular formula is C22H17ClN4O4S. The van der Waals surface area contributed by atoms with E-state index in [-0.39, 0.29) is 15.7 Å². The summed E-state index contributed by atoms with van der Waals surface area (Å²) in [7, 11) is 0. The Labute approximate surface area is 193 Å². The third-order valence-corrected chi connectivity index (χ3v) is 4.98. The number of thiocarbonyl (C=S) groups is 1. The van der Waals surface area contributed by atoms with E-state index in [1.807, 2.05) is 60.7 Å². The van der Waals surface area contributed by atoms with E-state index in [0.717, 1.165) is 17.2 Å². The van der Waals surface area contributed by atoms with E-state index in [1.165, 1.54) is 12.1 Å². The molecular weight excluding hydrogens is 452 g/mol. The second-order valence-corrected chi connectivity index (χ2v) is 7.39. The topological polar surface area (TPSA) is 113 Å². The van der Waals surface area contributed by atoms with E-state index < -0.39 is 28.3 Å². The number of nitro benzene ring substituents is 1. The highest BCUT2D eigenvalue weighted by Crippen LogP contribution is 2.25. The summed E-state index contributed by atoms with van der Waals surface area (Å²) in [6.07, 6.45) is 0. The summed E-state index contributed by atoms with van der Waals surface area (Å²) in [4.78, 5) is 35.6. The van der Waals surface area contributed by atoms with Crippen molar-refractivity contribution in [3.05, 3.63) is 111 Å². The Morgan fingerprint density at radius 3 is 2.00 bits per heavy atom. The van der Waals surface area contributed by atoms with Gasteiger partial charge in [-0.2, -0.15) is 0 Å². The van der Waals surface area contributed by atoms with E-state index in [2.05, 4.69) is 16.2 Å². The van der Waals surface area contributed by atoms with Crippen molar-refractivity contribution in [2.24, 2.45) is 0 Å². The van der Waals surface area contributed by atoms with Crippen molar-refractivity contribution in [3.8, 4) is 0 Å². The van der Waals surface area contributed by atoms with Crippen molar-refractivity contribution in [2.75, 3.05) is 0 Å². The number of rotatable bonds is 5. The van der Waals surface area contributed by atoms with Crippen molar-refractivity contribution in [1.29, 1.82) is 0 Å². The zero-order valence-corrected chi connectivity index (χ0v) is 18.0. The van der Waals surface area contributed by atoms with Gasteiger partial charge in [0, 0.05) is 11.6 Å². The van der Waals surface area contributed by atoms with Crippen LogP contribution in [0.15, 0.2) is 78.9 Å². The van der Waals surface area contributed by atoms with E-state index in [0.29, 0.717) is 0 Å². The van der Waals surface area contributed by atoms with Gasteiger partial charge in [-0.05, 0) is 35.5 Å². The Bertz CT molecular complexity index is 1120. The second-order valence-electron chi connectivity index (χ2n) is 6.58. The molecule has 0 fully saturated rings. The Morgan fingerprint density at radius 2 is 1.47 bits per heavy atom. The molecule has 3 N–H and O–H groups in total. The zero-order valence-electron chi connectivity index (χ0n) is 16.4. The van der Waals surface area contributed by atoms with Crippen molar-refractivity contribution in [3.63, 3.8) is 0 Å². The van der Waals surface area contributed by atoms with Gasteiger partial charge in [-0.15, -0.1) is 0 Å². The van der Waals surface area contributed by atoms with Gasteiger partial charge in [0.25, 0.3) is 11.6 Å². The number of hydrogen-bond donors (Lipinski definition) is 3. The monoisotopic (exact) mass is 468 g/mol. The second kappa shape index (κ2) is 10.5. The first-order valence-corrected chi connectivity index (χ1v) is 10.1. The number of nitrogens with zero attached hydrogens (tertiary/aromatic N) is 1. The van der Waals surface area contributed by atoms with Gasteiger partial charge < -0.3 is 5.32 Å². The largest absolute Gasteiger partial charge is 0.301 e. The van der Waals surface area contributed by atoms with Crippen molar-refractivity contribution in [2.45, 2.75) is 5.92 Å². The third-order valence-electron chi connectivity index (χ3n) is 4.46. The number of hydrazine groups is 1. The van der Waals surface area contributed by atoms with Gasteiger partial charge in [0.1, 0.15) is 5.02 Å². The molecule has 0 heterocycles. The molecule has 0 aliphatic heterocycles. The minimum atomic E-state index is -0.691. The van der Waals surface area contributed by atoms with E-state index in [1.54, 1.807) is 0 Å². The summed E-state index contributed by atoms with van der Waals surface area (Å²) < 4.78 is 0. The average molecular weight is 469 g/mol.